The molecule has 10 heteroatoms. The molecule has 0 aliphatic carbocycles. The number of hydrogen-bond donors (Lipinski definition) is 3. The van der Waals surface area contributed by atoms with Gasteiger partial charge in [-0.05, 0) is 25.5 Å². The van der Waals surface area contributed by atoms with E-state index < -0.39 is 18.4 Å². The Labute approximate surface area is 167 Å². The molecule has 29 heavy (non-hydrogen) atoms. The third kappa shape index (κ3) is 3.52. The Bertz CT molecular complexity index is 1050. The van der Waals surface area contributed by atoms with Gasteiger partial charge in [0.1, 0.15) is 12.2 Å². The second kappa shape index (κ2) is 7.72. The summed E-state index contributed by atoms with van der Waals surface area (Å²) in [5.74, 6) is 0.793. The lowest BCUT2D eigenvalue weighted by Crippen LogP contribution is -2.34. The molecule has 152 valence electrons. The predicted octanol–water partition coefficient (Wildman–Crippen LogP) is 1.02. The molecule has 3 aromatic rings. The number of rotatable bonds is 5. The highest BCUT2D eigenvalue weighted by Gasteiger charge is 2.39. The number of nitrogens with zero attached hydrogens (tertiary/aromatic N) is 5. The molecule has 4 heterocycles. The van der Waals surface area contributed by atoms with E-state index in [1.807, 2.05) is 19.9 Å². The van der Waals surface area contributed by atoms with Crippen LogP contribution in [0.2, 0.25) is 0 Å². The van der Waals surface area contributed by atoms with Crippen LogP contribution in [0.25, 0.3) is 22.6 Å². The maximum atomic E-state index is 12.1. The fourth-order valence-corrected chi connectivity index (χ4v) is 3.44. The van der Waals surface area contributed by atoms with Gasteiger partial charge in [-0.25, -0.2) is 15.0 Å². The number of aryl methyl sites for hydroxylation is 1. The number of aromatic nitrogens is 5. The number of imidazole rings is 1. The quantitative estimate of drug-likeness (QED) is 0.582. The SMILES string of the molecule is CCNC(=O)[C@@H]1C[C@@H](O)[C@H](n2cnc3c(NC)nc(-c4cncc(C)c4)nc32)O1. The van der Waals surface area contributed by atoms with Crippen LogP contribution in [0, 0.1) is 6.92 Å². The van der Waals surface area contributed by atoms with Gasteiger partial charge in [0.25, 0.3) is 0 Å². The number of ether oxygens (including phenoxy) is 1. The smallest absolute Gasteiger partial charge is 0.249 e. The number of pyridine rings is 1. The van der Waals surface area contributed by atoms with Gasteiger partial charge in [-0.2, -0.15) is 0 Å². The van der Waals surface area contributed by atoms with Crippen LogP contribution < -0.4 is 10.6 Å². The van der Waals surface area contributed by atoms with Crippen molar-refractivity contribution in [1.82, 2.24) is 29.8 Å². The molecule has 0 bridgehead atoms. The highest BCUT2D eigenvalue weighted by molar-refractivity contribution is 5.85. The van der Waals surface area contributed by atoms with Crippen molar-refractivity contribution in [3.8, 4) is 11.4 Å². The summed E-state index contributed by atoms with van der Waals surface area (Å²) < 4.78 is 7.49. The maximum Gasteiger partial charge on any atom is 0.249 e. The van der Waals surface area contributed by atoms with Crippen LogP contribution >= 0.6 is 0 Å². The Morgan fingerprint density at radius 3 is 2.93 bits per heavy atom. The van der Waals surface area contributed by atoms with Crippen LogP contribution in [-0.2, 0) is 9.53 Å². The lowest BCUT2D eigenvalue weighted by Gasteiger charge is -2.17. The molecular weight excluding hydrogens is 374 g/mol. The number of anilines is 1. The van der Waals surface area contributed by atoms with E-state index in [4.69, 9.17) is 4.74 Å². The van der Waals surface area contributed by atoms with E-state index in [1.54, 1.807) is 30.3 Å². The Kier molecular flexibility index (Phi) is 5.12. The molecule has 0 unspecified atom stereocenters. The fraction of sp³-hybridized carbons (Fsp3) is 0.421. The number of amides is 1. The van der Waals surface area contributed by atoms with E-state index in [2.05, 4.69) is 30.6 Å². The molecule has 0 saturated carbocycles. The van der Waals surface area contributed by atoms with E-state index >= 15 is 0 Å². The highest BCUT2D eigenvalue weighted by Crippen LogP contribution is 2.33. The molecule has 4 rings (SSSR count). The van der Waals surface area contributed by atoms with Gasteiger partial charge in [-0.15, -0.1) is 0 Å². The summed E-state index contributed by atoms with van der Waals surface area (Å²) in [4.78, 5) is 29.9. The Morgan fingerprint density at radius 1 is 1.38 bits per heavy atom. The Morgan fingerprint density at radius 2 is 2.21 bits per heavy atom. The van der Waals surface area contributed by atoms with E-state index in [1.165, 1.54) is 0 Å². The number of aliphatic hydroxyl groups is 1. The number of fused-ring (bicyclic) bond motifs is 1. The third-order valence-corrected chi connectivity index (χ3v) is 4.80. The molecule has 1 aliphatic heterocycles. The number of aliphatic hydroxyl groups excluding tert-OH is 1. The average molecular weight is 397 g/mol. The molecule has 1 amide bonds. The van der Waals surface area contributed by atoms with Gasteiger partial charge in [0.2, 0.25) is 5.91 Å². The summed E-state index contributed by atoms with van der Waals surface area (Å²) in [5, 5.41) is 16.3. The second-order valence-corrected chi connectivity index (χ2v) is 6.93. The van der Waals surface area contributed by atoms with Crippen LogP contribution in [0.4, 0.5) is 5.82 Å². The molecular formula is C19H23N7O3. The summed E-state index contributed by atoms with van der Waals surface area (Å²) >= 11 is 0. The zero-order valence-corrected chi connectivity index (χ0v) is 16.5. The summed E-state index contributed by atoms with van der Waals surface area (Å²) in [6, 6.07) is 1.94. The van der Waals surface area contributed by atoms with Crippen LogP contribution in [0.5, 0.6) is 0 Å². The molecule has 3 aromatic heterocycles. The largest absolute Gasteiger partial charge is 0.388 e. The molecule has 1 saturated heterocycles. The molecule has 0 spiro atoms. The fourth-order valence-electron chi connectivity index (χ4n) is 3.44. The van der Waals surface area contributed by atoms with Gasteiger partial charge in [0.05, 0.1) is 6.33 Å². The first-order valence-electron chi connectivity index (χ1n) is 9.47. The molecule has 0 aromatic carbocycles. The Hall–Kier alpha value is -3.11. The van der Waals surface area contributed by atoms with Crippen LogP contribution in [-0.4, -0.2) is 61.3 Å². The Balaban J connectivity index is 1.76. The third-order valence-electron chi connectivity index (χ3n) is 4.80. The van der Waals surface area contributed by atoms with Crippen molar-refractivity contribution in [3.63, 3.8) is 0 Å². The van der Waals surface area contributed by atoms with E-state index in [-0.39, 0.29) is 12.3 Å². The minimum Gasteiger partial charge on any atom is -0.388 e. The van der Waals surface area contributed by atoms with Crippen molar-refractivity contribution in [2.75, 3.05) is 18.9 Å². The van der Waals surface area contributed by atoms with Crippen molar-refractivity contribution >= 4 is 22.9 Å². The molecule has 1 aliphatic rings. The number of nitrogens with one attached hydrogen (secondary N) is 2. The standard InChI is InChI=1S/C19H23N7O3/c1-4-22-18(28)13-6-12(27)19(29-13)26-9-23-14-16(20-3)24-15(25-17(14)26)11-5-10(2)7-21-8-11/h5,7-9,12-13,19,27H,4,6H2,1-3H3,(H,22,28)(H,20,24,25)/t12-,13+,19-/m1/s1. The molecule has 10 nitrogen and oxygen atoms in total. The van der Waals surface area contributed by atoms with Gasteiger partial charge in [0.15, 0.2) is 29.0 Å². The first kappa shape index (κ1) is 19.2. The first-order chi connectivity index (χ1) is 14.0. The normalized spacial score (nSPS) is 21.4. The maximum absolute atomic E-state index is 12.1. The molecule has 3 atom stereocenters. The second-order valence-electron chi connectivity index (χ2n) is 6.93. The summed E-state index contributed by atoms with van der Waals surface area (Å²) in [6.45, 7) is 4.28. The predicted molar refractivity (Wildman–Crippen MR) is 106 cm³/mol. The minimum atomic E-state index is -0.864. The van der Waals surface area contributed by atoms with Crippen molar-refractivity contribution in [2.45, 2.75) is 38.7 Å². The zero-order chi connectivity index (χ0) is 20.5. The van der Waals surface area contributed by atoms with E-state index in [0.29, 0.717) is 29.4 Å². The van der Waals surface area contributed by atoms with Crippen LogP contribution in [0.15, 0.2) is 24.8 Å². The van der Waals surface area contributed by atoms with Crippen LogP contribution in [0.1, 0.15) is 25.1 Å². The van der Waals surface area contributed by atoms with E-state index in [0.717, 1.165) is 11.1 Å². The summed E-state index contributed by atoms with van der Waals surface area (Å²) in [7, 11) is 1.76. The van der Waals surface area contributed by atoms with Crippen molar-refractivity contribution < 1.29 is 14.6 Å². The van der Waals surface area contributed by atoms with Gasteiger partial charge in [-0.1, -0.05) is 0 Å². The van der Waals surface area contributed by atoms with Gasteiger partial charge >= 0.3 is 0 Å². The lowest BCUT2D eigenvalue weighted by atomic mass is 10.2. The van der Waals surface area contributed by atoms with E-state index in [9.17, 15) is 9.90 Å². The number of likely N-dealkylation sites (N-methyl/N-ethyl adjacent to an activating group) is 1. The molecule has 0 radical (unpaired) electrons. The van der Waals surface area contributed by atoms with Crippen molar-refractivity contribution in [2.24, 2.45) is 0 Å². The monoisotopic (exact) mass is 397 g/mol. The average Bonchev–Trinajstić information content (AvgIpc) is 3.30. The van der Waals surface area contributed by atoms with Gasteiger partial charge in [-0.3, -0.25) is 14.3 Å². The summed E-state index contributed by atoms with van der Waals surface area (Å²) in [6.07, 6.45) is 2.85. The minimum absolute atomic E-state index is 0.203. The summed E-state index contributed by atoms with van der Waals surface area (Å²) in [5.41, 5.74) is 2.81. The first-order valence-corrected chi connectivity index (χ1v) is 9.47. The number of carbonyl (C=O) groups is 1. The van der Waals surface area contributed by atoms with Crippen molar-refractivity contribution in [3.05, 3.63) is 30.4 Å². The topological polar surface area (TPSA) is 127 Å². The van der Waals surface area contributed by atoms with Gasteiger partial charge < -0.3 is 20.5 Å². The highest BCUT2D eigenvalue weighted by atomic mass is 16.5. The molecule has 1 fully saturated rings. The zero-order valence-electron chi connectivity index (χ0n) is 16.5. The molecule has 3 N–H and O–H groups in total. The van der Waals surface area contributed by atoms with Gasteiger partial charge in [0, 0.05) is 38.0 Å². The lowest BCUT2D eigenvalue weighted by molar-refractivity contribution is -0.134. The number of carbonyl (C=O) groups excluding carboxylic acids is 1. The van der Waals surface area contributed by atoms with Crippen LogP contribution in [0.3, 0.4) is 0 Å². The number of hydrogen-bond acceptors (Lipinski definition) is 8. The van der Waals surface area contributed by atoms with Crippen molar-refractivity contribution in [1.29, 1.82) is 0 Å².